The fourth-order valence-electron chi connectivity index (χ4n) is 4.04. The Labute approximate surface area is 270 Å². The van der Waals surface area contributed by atoms with Gasteiger partial charge in [-0.3, -0.25) is 4.79 Å². The maximum Gasteiger partial charge on any atom is 0.407 e. The van der Waals surface area contributed by atoms with E-state index in [2.05, 4.69) is 71.5 Å². The summed E-state index contributed by atoms with van der Waals surface area (Å²) in [4.78, 5) is 24.4. The van der Waals surface area contributed by atoms with Gasteiger partial charge in [-0.2, -0.15) is 0 Å². The number of alkyl carbamates (subject to hydrolysis) is 1. The number of nitrogens with zero attached hydrogens (tertiary/aromatic N) is 1. The van der Waals surface area contributed by atoms with Gasteiger partial charge in [-0.25, -0.2) is 9.46 Å². The van der Waals surface area contributed by atoms with Gasteiger partial charge in [0, 0.05) is 25.0 Å². The fraction of sp³-hybridized carbons (Fsp3) is 0.758. The lowest BCUT2D eigenvalue weighted by atomic mass is 10.2. The average Bonchev–Trinajstić information content (AvgIpc) is 2.88. The normalized spacial score (nSPS) is 14.2. The number of hydrogen-bond acceptors (Lipinski definition) is 8. The third-order valence-corrected chi connectivity index (χ3v) is 13.8. The van der Waals surface area contributed by atoms with E-state index in [9.17, 15) is 9.59 Å². The van der Waals surface area contributed by atoms with Crippen molar-refractivity contribution < 1.29 is 32.5 Å². The summed E-state index contributed by atoms with van der Waals surface area (Å²) in [7, 11) is -3.58. The topological polar surface area (TPSA) is 95.6 Å². The third kappa shape index (κ3) is 16.7. The van der Waals surface area contributed by atoms with Crippen molar-refractivity contribution in [2.45, 2.75) is 143 Å². The Bertz CT molecular complexity index is 957. The van der Waals surface area contributed by atoms with E-state index in [1.807, 2.05) is 51.1 Å². The summed E-state index contributed by atoms with van der Waals surface area (Å²) in [6.07, 6.45) is 1.69. The first-order valence-corrected chi connectivity index (χ1v) is 20.0. The van der Waals surface area contributed by atoms with Crippen LogP contribution in [-0.4, -0.2) is 68.6 Å². The van der Waals surface area contributed by atoms with Crippen LogP contribution in [0.1, 0.15) is 100 Å². The molecule has 9 nitrogen and oxygen atoms in total. The van der Waals surface area contributed by atoms with Crippen LogP contribution in [0.3, 0.4) is 0 Å². The minimum atomic E-state index is -2.18. The Balaban J connectivity index is 2.78. The minimum absolute atomic E-state index is 0.0148. The second-order valence-corrected chi connectivity index (χ2v) is 20.5. The highest BCUT2D eigenvalue weighted by atomic mass is 31.2. The molecule has 0 aliphatic heterocycles. The first-order chi connectivity index (χ1) is 20.3. The van der Waals surface area contributed by atoms with E-state index >= 15 is 0 Å². The first kappa shape index (κ1) is 40.5. The Kier molecular flexibility index (Phi) is 17.6. The summed E-state index contributed by atoms with van der Waals surface area (Å²) in [6, 6.07) is 10.5. The molecule has 1 unspecified atom stereocenters. The van der Waals surface area contributed by atoms with E-state index in [1.165, 1.54) is 0 Å². The van der Waals surface area contributed by atoms with Crippen molar-refractivity contribution in [1.29, 1.82) is 0 Å². The van der Waals surface area contributed by atoms with Crippen LogP contribution < -0.4 is 5.32 Å². The molecule has 0 fully saturated rings. The molecular weight excluding hydrogens is 595 g/mol. The zero-order valence-electron chi connectivity index (χ0n) is 29.5. The summed E-state index contributed by atoms with van der Waals surface area (Å²) in [6.45, 7) is 26.3. The van der Waals surface area contributed by atoms with Crippen molar-refractivity contribution in [2.24, 2.45) is 0 Å². The number of benzene rings is 1. The summed E-state index contributed by atoms with van der Waals surface area (Å²) in [5.41, 5.74) is 0.560. The number of ether oxygens (including phenoxy) is 2. The average molecular weight is 657 g/mol. The summed E-state index contributed by atoms with van der Waals surface area (Å²) in [5.74, 6) is -0.262. The van der Waals surface area contributed by atoms with E-state index in [4.69, 9.17) is 22.9 Å². The van der Waals surface area contributed by atoms with Gasteiger partial charge in [0.05, 0.1) is 13.2 Å². The van der Waals surface area contributed by atoms with E-state index in [-0.39, 0.29) is 36.3 Å². The number of rotatable bonds is 19. The zero-order valence-corrected chi connectivity index (χ0v) is 31.4. The predicted octanol–water partition coefficient (Wildman–Crippen LogP) is 8.58. The molecular formula is C33H61N2O7PSi. The van der Waals surface area contributed by atoms with Crippen LogP contribution in [-0.2, 0) is 34.3 Å². The largest absolute Gasteiger partial charge is 0.463 e. The second-order valence-electron chi connectivity index (χ2n) is 14.3. The number of unbranched alkanes of at least 4 members (excludes halogenated alkanes) is 2. The lowest BCUT2D eigenvalue weighted by Gasteiger charge is -2.40. The van der Waals surface area contributed by atoms with Crippen molar-refractivity contribution in [3.8, 4) is 0 Å². The lowest BCUT2D eigenvalue weighted by Crippen LogP contribution is -2.46. The van der Waals surface area contributed by atoms with Gasteiger partial charge < -0.3 is 28.3 Å². The quantitative estimate of drug-likeness (QED) is 0.0685. The fourth-order valence-corrected chi connectivity index (χ4v) is 7.01. The number of esters is 1. The molecule has 1 rings (SSSR count). The van der Waals surface area contributed by atoms with Gasteiger partial charge in [0.2, 0.25) is 0 Å². The van der Waals surface area contributed by atoms with Gasteiger partial charge in [0.25, 0.3) is 8.53 Å². The van der Waals surface area contributed by atoms with Gasteiger partial charge in [-0.05, 0) is 85.0 Å². The van der Waals surface area contributed by atoms with Crippen LogP contribution in [0.15, 0.2) is 30.3 Å². The third-order valence-electron chi connectivity index (χ3n) is 7.23. The SMILES string of the molecule is CC(C)N(C(C)C)P(OCc1ccccc1)OC[C@H](COC(=O)CCCCCNC(=O)OC(C)(C)C)O[Si](C)(C)C(C)(C)C. The molecule has 1 aromatic rings. The van der Waals surface area contributed by atoms with Crippen molar-refractivity contribution in [3.05, 3.63) is 35.9 Å². The Morgan fingerprint density at radius 2 is 1.50 bits per heavy atom. The van der Waals surface area contributed by atoms with Crippen LogP contribution >= 0.6 is 8.53 Å². The van der Waals surface area contributed by atoms with E-state index in [0.29, 0.717) is 26.0 Å². The molecule has 1 N–H and O–H groups in total. The zero-order chi connectivity index (χ0) is 33.6. The highest BCUT2D eigenvalue weighted by molar-refractivity contribution is 7.44. The van der Waals surface area contributed by atoms with Crippen molar-refractivity contribution in [3.63, 3.8) is 0 Å². The molecule has 1 amide bonds. The highest BCUT2D eigenvalue weighted by Crippen LogP contribution is 2.47. The Hall–Kier alpha value is -1.55. The maximum absolute atomic E-state index is 12.7. The molecule has 0 radical (unpaired) electrons. The number of carbonyl (C=O) groups is 2. The smallest absolute Gasteiger partial charge is 0.407 e. The molecule has 11 heteroatoms. The van der Waals surface area contributed by atoms with Crippen molar-refractivity contribution in [1.82, 2.24) is 9.99 Å². The molecule has 0 aromatic heterocycles. The van der Waals surface area contributed by atoms with Crippen LogP contribution in [0.2, 0.25) is 18.1 Å². The van der Waals surface area contributed by atoms with E-state index < -0.39 is 34.6 Å². The minimum Gasteiger partial charge on any atom is -0.463 e. The monoisotopic (exact) mass is 656 g/mol. The van der Waals surface area contributed by atoms with Crippen molar-refractivity contribution in [2.75, 3.05) is 19.8 Å². The molecule has 1 aromatic carbocycles. The van der Waals surface area contributed by atoms with E-state index in [1.54, 1.807) is 0 Å². The van der Waals surface area contributed by atoms with Gasteiger partial charge in [-0.1, -0.05) is 57.5 Å². The van der Waals surface area contributed by atoms with Gasteiger partial charge in [0.15, 0.2) is 8.32 Å². The molecule has 2 atom stereocenters. The van der Waals surface area contributed by atoms with Gasteiger partial charge in [0.1, 0.15) is 18.3 Å². The molecule has 0 saturated carbocycles. The molecule has 0 aliphatic carbocycles. The Morgan fingerprint density at radius 1 is 0.886 bits per heavy atom. The molecule has 0 aliphatic rings. The highest BCUT2D eigenvalue weighted by Gasteiger charge is 2.40. The molecule has 0 bridgehead atoms. The first-order valence-electron chi connectivity index (χ1n) is 16.0. The van der Waals surface area contributed by atoms with Crippen LogP contribution in [0, 0.1) is 0 Å². The van der Waals surface area contributed by atoms with Crippen molar-refractivity contribution >= 4 is 28.9 Å². The number of carbonyl (C=O) groups excluding carboxylic acids is 2. The molecule has 0 saturated heterocycles. The van der Waals surface area contributed by atoms with Crippen LogP contribution in [0.4, 0.5) is 4.79 Å². The van der Waals surface area contributed by atoms with Crippen LogP contribution in [0.5, 0.6) is 0 Å². The lowest BCUT2D eigenvalue weighted by molar-refractivity contribution is -0.146. The second kappa shape index (κ2) is 19.2. The maximum atomic E-state index is 12.7. The van der Waals surface area contributed by atoms with Gasteiger partial charge >= 0.3 is 12.1 Å². The molecule has 0 heterocycles. The Morgan fingerprint density at radius 3 is 2.05 bits per heavy atom. The number of amides is 1. The summed E-state index contributed by atoms with van der Waals surface area (Å²) >= 11 is 0. The molecule has 0 spiro atoms. The summed E-state index contributed by atoms with van der Waals surface area (Å²) < 4.78 is 32.8. The van der Waals surface area contributed by atoms with E-state index in [0.717, 1.165) is 18.4 Å². The predicted molar refractivity (Wildman–Crippen MR) is 182 cm³/mol. The molecule has 254 valence electrons. The van der Waals surface area contributed by atoms with Gasteiger partial charge in [-0.15, -0.1) is 0 Å². The number of nitrogens with one attached hydrogen (secondary N) is 1. The molecule has 44 heavy (non-hydrogen) atoms. The summed E-state index contributed by atoms with van der Waals surface area (Å²) in [5, 5.41) is 2.73. The standard InChI is InChI=1S/C33H61N2O7PSi/c1-26(2)35(27(3)4)43(39-23-28-19-15-13-16-20-28)40-25-29(42-44(11,12)33(8,9)10)24-38-30(36)21-17-14-18-22-34-31(37)41-32(5,6)7/h13,15-16,19-20,26-27,29H,14,17-18,21-25H2,1-12H3,(H,34,37)/t29-,43?/m0/s1. The number of hydrogen-bond donors (Lipinski definition) is 1. The van der Waals surface area contributed by atoms with Crippen LogP contribution in [0.25, 0.3) is 0 Å².